The van der Waals surface area contributed by atoms with E-state index in [4.69, 9.17) is 11.6 Å². The molecule has 0 saturated heterocycles. The van der Waals surface area contributed by atoms with Crippen LogP contribution in [0.5, 0.6) is 0 Å². The van der Waals surface area contributed by atoms with Crippen molar-refractivity contribution in [3.8, 4) is 0 Å². The molecule has 28 heavy (non-hydrogen) atoms. The average molecular weight is 407 g/mol. The van der Waals surface area contributed by atoms with E-state index in [9.17, 15) is 18.0 Å². The number of hydrogen-bond donors (Lipinski definition) is 2. The Hall–Kier alpha value is -3.40. The number of nitrogens with zero attached hydrogens (tertiary/aromatic N) is 4. The van der Waals surface area contributed by atoms with Crippen LogP contribution < -0.4 is 10.7 Å². The summed E-state index contributed by atoms with van der Waals surface area (Å²) in [7, 11) is 0. The first kappa shape index (κ1) is 18.0. The zero-order chi connectivity index (χ0) is 19.9. The topological polar surface area (TPSA) is 83.7 Å². The van der Waals surface area contributed by atoms with Crippen molar-refractivity contribution in [3.63, 3.8) is 0 Å². The molecule has 0 fully saturated rings. The minimum Gasteiger partial charge on any atom is -0.340 e. The van der Waals surface area contributed by atoms with Crippen molar-refractivity contribution in [1.29, 1.82) is 0 Å². The molecule has 142 valence electrons. The zero-order valence-corrected chi connectivity index (χ0v) is 14.6. The van der Waals surface area contributed by atoms with Crippen LogP contribution in [0, 0.1) is 0 Å². The highest BCUT2D eigenvalue weighted by molar-refractivity contribution is 6.31. The van der Waals surface area contributed by atoms with E-state index in [2.05, 4.69) is 20.5 Å². The van der Waals surface area contributed by atoms with Gasteiger partial charge in [0.1, 0.15) is 5.82 Å². The van der Waals surface area contributed by atoms with Gasteiger partial charge in [0.05, 0.1) is 11.8 Å². The number of anilines is 2. The summed E-state index contributed by atoms with van der Waals surface area (Å²) in [6.45, 7) is 0. The van der Waals surface area contributed by atoms with Crippen molar-refractivity contribution in [1.82, 2.24) is 20.0 Å². The van der Waals surface area contributed by atoms with E-state index < -0.39 is 23.4 Å². The summed E-state index contributed by atoms with van der Waals surface area (Å²) in [6, 6.07) is 8.60. The summed E-state index contributed by atoms with van der Waals surface area (Å²) >= 11 is 5.95. The van der Waals surface area contributed by atoms with Gasteiger partial charge in [-0.1, -0.05) is 17.7 Å². The highest BCUT2D eigenvalue weighted by atomic mass is 35.5. The van der Waals surface area contributed by atoms with Crippen LogP contribution in [0.25, 0.3) is 11.7 Å². The molecule has 0 atom stereocenters. The number of hydrazone groups is 1. The van der Waals surface area contributed by atoms with Gasteiger partial charge in [-0.15, -0.1) is 0 Å². The molecular formula is C17H10ClF3N6O. The zero-order valence-electron chi connectivity index (χ0n) is 13.8. The third-order valence-corrected chi connectivity index (χ3v) is 4.07. The lowest BCUT2D eigenvalue weighted by molar-refractivity contribution is -0.116. The van der Waals surface area contributed by atoms with Crippen molar-refractivity contribution < 1.29 is 18.0 Å². The third-order valence-electron chi connectivity index (χ3n) is 3.83. The van der Waals surface area contributed by atoms with Crippen molar-refractivity contribution in [2.75, 3.05) is 5.32 Å². The lowest BCUT2D eigenvalue weighted by Crippen LogP contribution is -2.24. The standard InChI is InChI=1S/C17H10ClF3N6O/c18-10-2-1-3-11(7-10)23-13-4-5-27-15(24-13)9(8-22-27)6-12-14(17(19,20)21)25-26-16(12)28/h1-8H,(H,23,24)(H,26,28)/b12-6+. The number of carbonyl (C=O) groups excluding carboxylic acids is 1. The summed E-state index contributed by atoms with van der Waals surface area (Å²) < 4.78 is 40.5. The second kappa shape index (κ2) is 6.64. The molecule has 0 aliphatic carbocycles. The summed E-state index contributed by atoms with van der Waals surface area (Å²) in [6.07, 6.45) is -0.795. The molecule has 3 aromatic rings. The molecule has 0 bridgehead atoms. The number of aromatic nitrogens is 3. The Morgan fingerprint density at radius 2 is 2.07 bits per heavy atom. The Kier molecular flexibility index (Phi) is 4.27. The lowest BCUT2D eigenvalue weighted by atomic mass is 10.1. The van der Waals surface area contributed by atoms with Gasteiger partial charge >= 0.3 is 6.18 Å². The molecule has 0 saturated carbocycles. The lowest BCUT2D eigenvalue weighted by Gasteiger charge is -2.07. The summed E-state index contributed by atoms with van der Waals surface area (Å²) in [4.78, 5) is 16.1. The number of rotatable bonds is 3. The van der Waals surface area contributed by atoms with Crippen LogP contribution in [0.1, 0.15) is 5.56 Å². The van der Waals surface area contributed by atoms with Crippen LogP contribution in [0.3, 0.4) is 0 Å². The van der Waals surface area contributed by atoms with Crippen LogP contribution in [0.2, 0.25) is 5.02 Å². The second-order valence-corrected chi connectivity index (χ2v) is 6.21. The summed E-state index contributed by atoms with van der Waals surface area (Å²) in [5.41, 5.74) is 1.12. The molecule has 0 unspecified atom stereocenters. The molecule has 7 nitrogen and oxygen atoms in total. The van der Waals surface area contributed by atoms with E-state index >= 15 is 0 Å². The molecule has 1 aliphatic rings. The molecule has 11 heteroatoms. The number of alkyl halides is 3. The van der Waals surface area contributed by atoms with Gasteiger partial charge in [0.25, 0.3) is 5.91 Å². The normalized spacial score (nSPS) is 15.8. The number of nitrogens with one attached hydrogen (secondary N) is 2. The van der Waals surface area contributed by atoms with Crippen LogP contribution in [-0.2, 0) is 4.79 Å². The SMILES string of the molecule is O=C1NN=C(C(F)(F)F)/C1=C\c1cnn2ccc(Nc3cccc(Cl)c3)nc12. The molecule has 1 aromatic carbocycles. The molecule has 0 spiro atoms. The van der Waals surface area contributed by atoms with E-state index in [-0.39, 0.29) is 11.2 Å². The fourth-order valence-electron chi connectivity index (χ4n) is 2.61. The van der Waals surface area contributed by atoms with Gasteiger partial charge in [0.15, 0.2) is 11.4 Å². The predicted octanol–water partition coefficient (Wildman–Crippen LogP) is 3.56. The van der Waals surface area contributed by atoms with Gasteiger partial charge in [0, 0.05) is 22.5 Å². The molecular weight excluding hydrogens is 397 g/mol. The number of fused-ring (bicyclic) bond motifs is 1. The number of benzene rings is 1. The first-order valence-electron chi connectivity index (χ1n) is 7.85. The Morgan fingerprint density at radius 3 is 2.82 bits per heavy atom. The fraction of sp³-hybridized carbons (Fsp3) is 0.0588. The summed E-state index contributed by atoms with van der Waals surface area (Å²) in [5.74, 6) is -0.518. The molecule has 3 heterocycles. The number of halogens is 4. The number of amides is 1. The van der Waals surface area contributed by atoms with E-state index in [1.807, 2.05) is 5.43 Å². The minimum absolute atomic E-state index is 0.235. The molecule has 4 rings (SSSR count). The largest absolute Gasteiger partial charge is 0.435 e. The highest BCUT2D eigenvalue weighted by Crippen LogP contribution is 2.27. The van der Waals surface area contributed by atoms with Gasteiger partial charge < -0.3 is 5.32 Å². The maximum absolute atomic E-state index is 13.0. The quantitative estimate of drug-likeness (QED) is 0.651. The molecule has 0 radical (unpaired) electrons. The Bertz CT molecular complexity index is 1150. The smallest absolute Gasteiger partial charge is 0.340 e. The highest BCUT2D eigenvalue weighted by Gasteiger charge is 2.43. The van der Waals surface area contributed by atoms with Crippen LogP contribution in [0.4, 0.5) is 24.7 Å². The van der Waals surface area contributed by atoms with Gasteiger partial charge in [-0.3, -0.25) is 4.79 Å². The molecule has 2 aromatic heterocycles. The maximum Gasteiger partial charge on any atom is 0.435 e. The van der Waals surface area contributed by atoms with E-state index in [1.165, 1.54) is 10.7 Å². The van der Waals surface area contributed by atoms with Crippen molar-refractivity contribution in [2.45, 2.75) is 6.18 Å². The van der Waals surface area contributed by atoms with E-state index in [0.29, 0.717) is 16.5 Å². The third kappa shape index (κ3) is 3.41. The van der Waals surface area contributed by atoms with Gasteiger partial charge in [0.2, 0.25) is 0 Å². The van der Waals surface area contributed by atoms with Crippen LogP contribution in [0.15, 0.2) is 53.4 Å². The first-order valence-corrected chi connectivity index (χ1v) is 8.23. The van der Waals surface area contributed by atoms with Gasteiger partial charge in [-0.25, -0.2) is 14.9 Å². The van der Waals surface area contributed by atoms with Gasteiger partial charge in [-0.05, 0) is 30.3 Å². The number of hydrogen-bond acceptors (Lipinski definition) is 5. The molecule has 1 aliphatic heterocycles. The molecule has 2 N–H and O–H groups in total. The van der Waals surface area contributed by atoms with Crippen LogP contribution in [-0.4, -0.2) is 32.4 Å². The van der Waals surface area contributed by atoms with Gasteiger partial charge in [-0.2, -0.15) is 23.4 Å². The first-order chi connectivity index (χ1) is 13.3. The van der Waals surface area contributed by atoms with Crippen molar-refractivity contribution >= 4 is 46.4 Å². The van der Waals surface area contributed by atoms with Crippen molar-refractivity contribution in [2.24, 2.45) is 5.10 Å². The Balaban J connectivity index is 1.72. The second-order valence-electron chi connectivity index (χ2n) is 5.77. The van der Waals surface area contributed by atoms with Crippen molar-refractivity contribution in [3.05, 3.63) is 58.9 Å². The molecule has 1 amide bonds. The monoisotopic (exact) mass is 406 g/mol. The van der Waals surface area contributed by atoms with E-state index in [0.717, 1.165) is 6.08 Å². The maximum atomic E-state index is 13.0. The Labute approximate surface area is 160 Å². The van der Waals surface area contributed by atoms with E-state index in [1.54, 1.807) is 36.5 Å². The van der Waals surface area contributed by atoms with Crippen LogP contribution >= 0.6 is 11.6 Å². The fourth-order valence-corrected chi connectivity index (χ4v) is 2.80. The predicted molar refractivity (Wildman–Crippen MR) is 97.3 cm³/mol. The Morgan fingerprint density at radius 1 is 1.25 bits per heavy atom. The minimum atomic E-state index is -4.76. The number of carbonyl (C=O) groups is 1. The average Bonchev–Trinajstić information content (AvgIpc) is 3.19. The summed E-state index contributed by atoms with van der Waals surface area (Å²) in [5, 5.41) is 10.7.